The molecule has 0 heterocycles. The first-order valence-electron chi connectivity index (χ1n) is 6.97. The van der Waals surface area contributed by atoms with Gasteiger partial charge in [-0.15, -0.1) is 13.2 Å². The molecule has 2 rings (SSSR count). The molecule has 0 aliphatic carbocycles. The fraction of sp³-hybridized carbons (Fsp3) is 0.133. The van der Waals surface area contributed by atoms with E-state index in [2.05, 4.69) is 10.1 Å². The molecule has 2 N–H and O–H groups in total. The summed E-state index contributed by atoms with van der Waals surface area (Å²) in [6, 6.07) is 8.80. The predicted molar refractivity (Wildman–Crippen MR) is 83.3 cm³/mol. The van der Waals surface area contributed by atoms with Crippen LogP contribution < -0.4 is 14.8 Å². The van der Waals surface area contributed by atoms with E-state index in [4.69, 9.17) is 0 Å². The standard InChI is InChI=1S/C15H12F4N2O4S/c16-10-5-7-11(8-6-10)21-14(22)9-20-26(23,24)13-4-2-1-3-12(13)25-15(17,18)19/h1-8,20H,9H2,(H,21,22). The number of carbonyl (C=O) groups is 1. The second kappa shape index (κ2) is 7.70. The number of hydrogen-bond donors (Lipinski definition) is 2. The molecule has 0 fully saturated rings. The van der Waals surface area contributed by atoms with E-state index in [0.29, 0.717) is 0 Å². The monoisotopic (exact) mass is 392 g/mol. The summed E-state index contributed by atoms with van der Waals surface area (Å²) in [6.07, 6.45) is -5.08. The van der Waals surface area contributed by atoms with Gasteiger partial charge in [-0.25, -0.2) is 17.5 Å². The Balaban J connectivity index is 2.07. The van der Waals surface area contributed by atoms with Crippen LogP contribution in [0.15, 0.2) is 53.4 Å². The van der Waals surface area contributed by atoms with Crippen LogP contribution in [0.1, 0.15) is 0 Å². The molecule has 0 saturated carbocycles. The number of benzene rings is 2. The lowest BCUT2D eigenvalue weighted by atomic mass is 10.3. The average Bonchev–Trinajstić information content (AvgIpc) is 2.54. The fourth-order valence-electron chi connectivity index (χ4n) is 1.86. The molecule has 2 aromatic carbocycles. The lowest BCUT2D eigenvalue weighted by Crippen LogP contribution is -2.33. The topological polar surface area (TPSA) is 84.5 Å². The van der Waals surface area contributed by atoms with Gasteiger partial charge in [0.1, 0.15) is 16.5 Å². The maximum atomic E-state index is 12.8. The molecule has 26 heavy (non-hydrogen) atoms. The van der Waals surface area contributed by atoms with Crippen molar-refractivity contribution in [2.45, 2.75) is 11.3 Å². The van der Waals surface area contributed by atoms with Crippen LogP contribution in [0.3, 0.4) is 0 Å². The third kappa shape index (κ3) is 5.70. The first-order chi connectivity index (χ1) is 12.1. The number of hydrogen-bond acceptors (Lipinski definition) is 4. The Morgan fingerprint density at radius 3 is 2.27 bits per heavy atom. The Morgan fingerprint density at radius 1 is 1.04 bits per heavy atom. The largest absolute Gasteiger partial charge is 0.573 e. The number of anilines is 1. The van der Waals surface area contributed by atoms with E-state index >= 15 is 0 Å². The van der Waals surface area contributed by atoms with Crippen LogP contribution in [-0.2, 0) is 14.8 Å². The molecule has 11 heteroatoms. The molecule has 0 spiro atoms. The highest BCUT2D eigenvalue weighted by Gasteiger charge is 2.34. The van der Waals surface area contributed by atoms with Crippen LogP contribution in [0.5, 0.6) is 5.75 Å². The van der Waals surface area contributed by atoms with Gasteiger partial charge in [0.15, 0.2) is 0 Å². The number of sulfonamides is 1. The van der Waals surface area contributed by atoms with E-state index < -0.39 is 45.3 Å². The molecule has 0 aliphatic rings. The molecule has 2 aromatic rings. The molecular formula is C15H12F4N2O4S. The highest BCUT2D eigenvalue weighted by molar-refractivity contribution is 7.89. The summed E-state index contributed by atoms with van der Waals surface area (Å²) in [5.74, 6) is -2.24. The Kier molecular flexibility index (Phi) is 5.83. The normalized spacial score (nSPS) is 11.8. The maximum Gasteiger partial charge on any atom is 0.573 e. The van der Waals surface area contributed by atoms with Crippen LogP contribution in [0, 0.1) is 5.82 Å². The van der Waals surface area contributed by atoms with Crippen molar-refractivity contribution in [3.63, 3.8) is 0 Å². The minimum Gasteiger partial charge on any atom is -0.404 e. The van der Waals surface area contributed by atoms with Gasteiger partial charge in [0, 0.05) is 5.69 Å². The van der Waals surface area contributed by atoms with Gasteiger partial charge in [0.2, 0.25) is 15.9 Å². The van der Waals surface area contributed by atoms with E-state index in [1.54, 1.807) is 0 Å². The molecule has 0 bridgehead atoms. The van der Waals surface area contributed by atoms with Crippen LogP contribution >= 0.6 is 0 Å². The summed E-state index contributed by atoms with van der Waals surface area (Å²) < 4.78 is 79.7. The van der Waals surface area contributed by atoms with Crippen molar-refractivity contribution in [1.82, 2.24) is 4.72 Å². The van der Waals surface area contributed by atoms with Crippen LogP contribution in [-0.4, -0.2) is 27.2 Å². The Morgan fingerprint density at radius 2 is 1.65 bits per heavy atom. The number of alkyl halides is 3. The molecule has 1 amide bonds. The van der Waals surface area contributed by atoms with Gasteiger partial charge >= 0.3 is 6.36 Å². The van der Waals surface area contributed by atoms with Crippen molar-refractivity contribution in [1.29, 1.82) is 0 Å². The Hall–Kier alpha value is -2.66. The summed E-state index contributed by atoms with van der Waals surface area (Å²) >= 11 is 0. The van der Waals surface area contributed by atoms with Crippen LogP contribution in [0.25, 0.3) is 0 Å². The van der Waals surface area contributed by atoms with E-state index in [-0.39, 0.29) is 5.69 Å². The van der Waals surface area contributed by atoms with Gasteiger partial charge < -0.3 is 10.1 Å². The zero-order valence-corrected chi connectivity index (χ0v) is 13.7. The summed E-state index contributed by atoms with van der Waals surface area (Å²) in [7, 11) is -4.45. The van der Waals surface area contributed by atoms with Crippen molar-refractivity contribution in [3.8, 4) is 5.75 Å². The average molecular weight is 392 g/mol. The first-order valence-corrected chi connectivity index (χ1v) is 8.45. The predicted octanol–water partition coefficient (Wildman–Crippen LogP) is 2.64. The lowest BCUT2D eigenvalue weighted by molar-refractivity contribution is -0.275. The van der Waals surface area contributed by atoms with E-state index in [1.165, 1.54) is 24.3 Å². The molecule has 0 saturated heterocycles. The highest BCUT2D eigenvalue weighted by Crippen LogP contribution is 2.29. The third-order valence-corrected chi connectivity index (χ3v) is 4.36. The number of halogens is 4. The summed E-state index contributed by atoms with van der Waals surface area (Å²) in [4.78, 5) is 11.0. The zero-order chi connectivity index (χ0) is 19.4. The molecule has 0 radical (unpaired) electrons. The SMILES string of the molecule is O=C(CNS(=O)(=O)c1ccccc1OC(F)(F)F)Nc1ccc(F)cc1. The van der Waals surface area contributed by atoms with E-state index in [9.17, 15) is 30.8 Å². The lowest BCUT2D eigenvalue weighted by Gasteiger charge is -2.14. The third-order valence-electron chi connectivity index (χ3n) is 2.92. The Labute approximate surface area is 145 Å². The second-order valence-corrected chi connectivity index (χ2v) is 6.61. The van der Waals surface area contributed by atoms with Crippen molar-refractivity contribution in [3.05, 3.63) is 54.3 Å². The maximum absolute atomic E-state index is 12.8. The summed E-state index contributed by atoms with van der Waals surface area (Å²) in [5, 5.41) is 2.30. The van der Waals surface area contributed by atoms with Gasteiger partial charge in [-0.1, -0.05) is 12.1 Å². The number of carbonyl (C=O) groups excluding carboxylic acids is 1. The van der Waals surface area contributed by atoms with Gasteiger partial charge in [-0.05, 0) is 36.4 Å². The Bertz CT molecular complexity index is 883. The van der Waals surface area contributed by atoms with Crippen molar-refractivity contribution >= 4 is 21.6 Å². The van der Waals surface area contributed by atoms with Gasteiger partial charge in [0.05, 0.1) is 6.54 Å². The number of rotatable bonds is 6. The fourth-order valence-corrected chi connectivity index (χ4v) is 2.97. The molecule has 0 aliphatic heterocycles. The minimum absolute atomic E-state index is 0.219. The quantitative estimate of drug-likeness (QED) is 0.741. The van der Waals surface area contributed by atoms with Gasteiger partial charge in [0.25, 0.3) is 0 Å². The number of nitrogens with one attached hydrogen (secondary N) is 2. The first kappa shape index (κ1) is 19.7. The van der Waals surface area contributed by atoms with Crippen molar-refractivity contribution < 1.29 is 35.5 Å². The second-order valence-electron chi connectivity index (χ2n) is 4.87. The molecule has 6 nitrogen and oxygen atoms in total. The van der Waals surface area contributed by atoms with Gasteiger partial charge in [-0.2, -0.15) is 0 Å². The van der Waals surface area contributed by atoms with Crippen LogP contribution in [0.4, 0.5) is 23.2 Å². The molecule has 0 unspecified atom stereocenters. The summed E-state index contributed by atoms with van der Waals surface area (Å²) in [5.41, 5.74) is 0.219. The zero-order valence-electron chi connectivity index (χ0n) is 12.9. The van der Waals surface area contributed by atoms with E-state index in [0.717, 1.165) is 24.3 Å². The van der Waals surface area contributed by atoms with Crippen molar-refractivity contribution in [2.24, 2.45) is 0 Å². The van der Waals surface area contributed by atoms with Crippen LogP contribution in [0.2, 0.25) is 0 Å². The summed E-state index contributed by atoms with van der Waals surface area (Å²) in [6.45, 7) is -0.750. The molecular weight excluding hydrogens is 380 g/mol. The smallest absolute Gasteiger partial charge is 0.404 e. The van der Waals surface area contributed by atoms with Crippen molar-refractivity contribution in [2.75, 3.05) is 11.9 Å². The van der Waals surface area contributed by atoms with Gasteiger partial charge in [-0.3, -0.25) is 4.79 Å². The minimum atomic E-state index is -5.08. The van der Waals surface area contributed by atoms with E-state index in [1.807, 2.05) is 4.72 Å². The highest BCUT2D eigenvalue weighted by atomic mass is 32.2. The number of amides is 1. The number of ether oxygens (including phenoxy) is 1. The molecule has 0 atom stereocenters. The number of para-hydroxylation sites is 1. The molecule has 140 valence electrons. The molecule has 0 aromatic heterocycles.